The van der Waals surface area contributed by atoms with Crippen LogP contribution < -0.4 is 5.32 Å². The summed E-state index contributed by atoms with van der Waals surface area (Å²) in [7, 11) is 1.42. The van der Waals surface area contributed by atoms with E-state index in [4.69, 9.17) is 0 Å². The Kier molecular flexibility index (Phi) is 5.76. The maximum absolute atomic E-state index is 11.2. The van der Waals surface area contributed by atoms with Crippen molar-refractivity contribution in [3.63, 3.8) is 0 Å². The molecule has 4 heteroatoms. The van der Waals surface area contributed by atoms with Crippen molar-refractivity contribution in [1.82, 2.24) is 5.32 Å². The molecule has 0 saturated heterocycles. The predicted molar refractivity (Wildman–Crippen MR) is 68.7 cm³/mol. The maximum atomic E-state index is 11.2. The summed E-state index contributed by atoms with van der Waals surface area (Å²) < 4.78 is 4.67. The number of carbonyl (C=O) groups excluding carboxylic acids is 1. The van der Waals surface area contributed by atoms with Crippen LogP contribution in [0.5, 0.6) is 0 Å². The molecule has 4 atom stereocenters. The molecule has 94 valence electrons. The van der Waals surface area contributed by atoms with Crippen LogP contribution in [0.4, 0.5) is 0 Å². The molecule has 0 spiro atoms. The van der Waals surface area contributed by atoms with E-state index in [1.54, 1.807) is 0 Å². The molecule has 0 aromatic heterocycles. The molecule has 0 aliphatic heterocycles. The molecule has 16 heavy (non-hydrogen) atoms. The highest BCUT2D eigenvalue weighted by Gasteiger charge is 2.26. The van der Waals surface area contributed by atoms with Gasteiger partial charge in [0.05, 0.1) is 7.11 Å². The first-order valence-electron chi connectivity index (χ1n) is 5.99. The van der Waals surface area contributed by atoms with Crippen molar-refractivity contribution < 1.29 is 9.53 Å². The van der Waals surface area contributed by atoms with Crippen LogP contribution in [0, 0.1) is 11.8 Å². The van der Waals surface area contributed by atoms with Crippen LogP contribution in [0.15, 0.2) is 0 Å². The molecule has 0 bridgehead atoms. The summed E-state index contributed by atoms with van der Waals surface area (Å²) in [6.07, 6.45) is 3.78. The lowest BCUT2D eigenvalue weighted by atomic mass is 9.80. The van der Waals surface area contributed by atoms with Gasteiger partial charge in [0.1, 0.15) is 4.83 Å². The fourth-order valence-corrected chi connectivity index (χ4v) is 2.81. The van der Waals surface area contributed by atoms with E-state index in [1.807, 2.05) is 0 Å². The van der Waals surface area contributed by atoms with E-state index in [1.165, 1.54) is 26.4 Å². The largest absolute Gasteiger partial charge is 0.468 e. The summed E-state index contributed by atoms with van der Waals surface area (Å²) in [5.41, 5.74) is 0. The van der Waals surface area contributed by atoms with E-state index in [-0.39, 0.29) is 10.8 Å². The van der Waals surface area contributed by atoms with Gasteiger partial charge in [0, 0.05) is 12.6 Å². The number of halogens is 1. The van der Waals surface area contributed by atoms with Crippen LogP contribution in [0.25, 0.3) is 0 Å². The van der Waals surface area contributed by atoms with Crippen molar-refractivity contribution in [1.29, 1.82) is 0 Å². The Hall–Kier alpha value is -0.0900. The summed E-state index contributed by atoms with van der Waals surface area (Å²) >= 11 is 3.33. The molecule has 4 unspecified atom stereocenters. The molecule has 1 saturated carbocycles. The zero-order chi connectivity index (χ0) is 12.1. The van der Waals surface area contributed by atoms with Crippen molar-refractivity contribution in [2.24, 2.45) is 11.8 Å². The first kappa shape index (κ1) is 14.0. The first-order valence-corrected chi connectivity index (χ1v) is 6.91. The fourth-order valence-electron chi connectivity index (χ4n) is 2.43. The van der Waals surface area contributed by atoms with Crippen LogP contribution >= 0.6 is 15.9 Å². The van der Waals surface area contributed by atoms with Crippen LogP contribution in [0.1, 0.15) is 33.1 Å². The smallest absolute Gasteiger partial charge is 0.320 e. The molecule has 1 fully saturated rings. The number of hydrogen-bond donors (Lipinski definition) is 1. The second-order valence-corrected chi connectivity index (χ2v) is 6.01. The number of ether oxygens (including phenoxy) is 1. The lowest BCUT2D eigenvalue weighted by Crippen LogP contribution is -2.43. The topological polar surface area (TPSA) is 38.3 Å². The van der Waals surface area contributed by atoms with E-state index in [0.717, 1.165) is 5.92 Å². The molecule has 3 nitrogen and oxygen atoms in total. The number of nitrogens with one attached hydrogen (secondary N) is 1. The summed E-state index contributed by atoms with van der Waals surface area (Å²) in [5.74, 6) is 1.33. The predicted octanol–water partition coefficient (Wildman–Crippen LogP) is 2.34. The van der Waals surface area contributed by atoms with Crippen molar-refractivity contribution in [3.8, 4) is 0 Å². The molecular weight excluding hydrogens is 270 g/mol. The van der Waals surface area contributed by atoms with E-state index in [2.05, 4.69) is 39.8 Å². The Labute approximate surface area is 106 Å². The highest BCUT2D eigenvalue weighted by molar-refractivity contribution is 9.10. The van der Waals surface area contributed by atoms with Gasteiger partial charge in [-0.15, -0.1) is 0 Å². The molecule has 1 N–H and O–H groups in total. The van der Waals surface area contributed by atoms with Crippen LogP contribution in [-0.4, -0.2) is 30.5 Å². The number of hydrogen-bond acceptors (Lipinski definition) is 3. The molecule has 1 aliphatic rings. The van der Waals surface area contributed by atoms with Gasteiger partial charge in [-0.1, -0.05) is 29.8 Å². The average Bonchev–Trinajstić information content (AvgIpc) is 2.26. The lowest BCUT2D eigenvalue weighted by molar-refractivity contribution is -0.139. The second kappa shape index (κ2) is 6.60. The Bertz CT molecular complexity index is 235. The maximum Gasteiger partial charge on any atom is 0.320 e. The number of methoxy groups -OCH3 is 1. The summed E-state index contributed by atoms with van der Waals surface area (Å²) in [4.78, 5) is 11.0. The van der Waals surface area contributed by atoms with Gasteiger partial charge in [0.15, 0.2) is 0 Å². The Morgan fingerprint density at radius 1 is 1.50 bits per heavy atom. The molecular formula is C12H22BrNO2. The molecule has 1 rings (SSSR count). The van der Waals surface area contributed by atoms with Gasteiger partial charge in [-0.3, -0.25) is 4.79 Å². The average molecular weight is 292 g/mol. The molecule has 1 aliphatic carbocycles. The third-order valence-electron chi connectivity index (χ3n) is 3.45. The minimum Gasteiger partial charge on any atom is -0.468 e. The van der Waals surface area contributed by atoms with E-state index in [9.17, 15) is 4.79 Å². The van der Waals surface area contributed by atoms with Gasteiger partial charge in [0.25, 0.3) is 0 Å². The van der Waals surface area contributed by atoms with Crippen molar-refractivity contribution in [2.45, 2.75) is 44.0 Å². The Balaban J connectivity index is 2.29. The van der Waals surface area contributed by atoms with Crippen molar-refractivity contribution in [2.75, 3.05) is 13.7 Å². The Morgan fingerprint density at radius 2 is 2.19 bits per heavy atom. The third-order valence-corrected chi connectivity index (χ3v) is 4.15. The van der Waals surface area contributed by atoms with Gasteiger partial charge >= 0.3 is 5.97 Å². The van der Waals surface area contributed by atoms with Gasteiger partial charge in [-0.25, -0.2) is 0 Å². The minimum atomic E-state index is -0.232. The number of alkyl halides is 1. The van der Waals surface area contributed by atoms with Crippen LogP contribution in [0.3, 0.4) is 0 Å². The molecule has 0 amide bonds. The fraction of sp³-hybridized carbons (Fsp3) is 0.917. The van der Waals surface area contributed by atoms with Crippen LogP contribution in [-0.2, 0) is 9.53 Å². The standard InChI is InChI=1S/C12H22BrNO2/c1-8-4-5-11(9(2)6-8)14-7-10(13)12(15)16-3/h8-11,14H,4-7H2,1-3H3. The number of esters is 1. The Morgan fingerprint density at radius 3 is 2.75 bits per heavy atom. The van der Waals surface area contributed by atoms with Crippen LogP contribution in [0.2, 0.25) is 0 Å². The normalized spacial score (nSPS) is 32.1. The molecule has 0 radical (unpaired) electrons. The number of rotatable bonds is 4. The highest BCUT2D eigenvalue weighted by atomic mass is 79.9. The van der Waals surface area contributed by atoms with Crippen molar-refractivity contribution in [3.05, 3.63) is 0 Å². The monoisotopic (exact) mass is 291 g/mol. The van der Waals surface area contributed by atoms with Gasteiger partial charge in [0.2, 0.25) is 0 Å². The summed E-state index contributed by atoms with van der Waals surface area (Å²) in [6, 6.07) is 0.543. The van der Waals surface area contributed by atoms with E-state index >= 15 is 0 Å². The van der Waals surface area contributed by atoms with E-state index in [0.29, 0.717) is 18.5 Å². The molecule has 0 aromatic carbocycles. The zero-order valence-corrected chi connectivity index (χ0v) is 11.9. The second-order valence-electron chi connectivity index (χ2n) is 4.90. The van der Waals surface area contributed by atoms with Gasteiger partial charge in [-0.2, -0.15) is 0 Å². The van der Waals surface area contributed by atoms with E-state index < -0.39 is 0 Å². The molecule has 0 aromatic rings. The molecule has 0 heterocycles. The quantitative estimate of drug-likeness (QED) is 0.638. The lowest BCUT2D eigenvalue weighted by Gasteiger charge is -2.33. The first-order chi connectivity index (χ1) is 7.54. The van der Waals surface area contributed by atoms with Crippen molar-refractivity contribution >= 4 is 21.9 Å². The SMILES string of the molecule is COC(=O)C(Br)CNC1CCC(C)CC1C. The number of carbonyl (C=O) groups is 1. The van der Waals surface area contributed by atoms with Gasteiger partial charge in [-0.05, 0) is 31.1 Å². The summed E-state index contributed by atoms with van der Waals surface area (Å²) in [5, 5.41) is 3.46. The minimum absolute atomic E-state index is 0.204. The third kappa shape index (κ3) is 4.06. The van der Waals surface area contributed by atoms with Gasteiger partial charge < -0.3 is 10.1 Å². The highest BCUT2D eigenvalue weighted by Crippen LogP contribution is 2.28. The zero-order valence-electron chi connectivity index (χ0n) is 10.3. The summed E-state index contributed by atoms with van der Waals surface area (Å²) in [6.45, 7) is 5.25.